The summed E-state index contributed by atoms with van der Waals surface area (Å²) in [6.45, 7) is 9.57. The van der Waals surface area contributed by atoms with Gasteiger partial charge in [0.1, 0.15) is 19.3 Å². The maximum atomic E-state index is 13.1. The molecule has 0 radical (unpaired) electrons. The molecule has 0 aromatic heterocycles. The number of hydrogen-bond donors (Lipinski definition) is 3. The van der Waals surface area contributed by atoms with Gasteiger partial charge in [0.15, 0.2) is 12.2 Å². The fourth-order valence-electron chi connectivity index (χ4n) is 12.2. The van der Waals surface area contributed by atoms with E-state index in [9.17, 15) is 43.2 Å². The minimum Gasteiger partial charge on any atom is -0.462 e. The Kier molecular flexibility index (Phi) is 69.3. The molecule has 0 aromatic rings. The molecule has 0 bridgehead atoms. The number of carbonyl (C=O) groups is 4. The normalized spacial score (nSPS) is 13.9. The van der Waals surface area contributed by atoms with Crippen molar-refractivity contribution in [1.82, 2.24) is 0 Å². The van der Waals surface area contributed by atoms with Crippen LogP contribution in [0.15, 0.2) is 0 Å². The summed E-state index contributed by atoms with van der Waals surface area (Å²) >= 11 is 0. The summed E-state index contributed by atoms with van der Waals surface area (Å²) in [5, 5.41) is 10.6. The van der Waals surface area contributed by atoms with Gasteiger partial charge in [0, 0.05) is 25.7 Å². The third-order valence-corrected chi connectivity index (χ3v) is 20.4. The first kappa shape index (κ1) is 96.1. The third kappa shape index (κ3) is 72.4. The lowest BCUT2D eigenvalue weighted by Gasteiger charge is -2.21. The Hall–Kier alpha value is -1.94. The Morgan fingerprint density at radius 1 is 0.276 bits per heavy atom. The minimum absolute atomic E-state index is 0.105. The molecule has 3 N–H and O–H groups in total. The van der Waals surface area contributed by atoms with Crippen LogP contribution in [0, 0.1) is 11.8 Å². The van der Waals surface area contributed by atoms with E-state index in [0.29, 0.717) is 25.7 Å². The average Bonchev–Trinajstić information content (AvgIpc) is 1.06. The summed E-state index contributed by atoms with van der Waals surface area (Å²) in [4.78, 5) is 72.8. The van der Waals surface area contributed by atoms with Gasteiger partial charge in [0.2, 0.25) is 0 Å². The average molecular weight is 1440 g/mol. The quantitative estimate of drug-likeness (QED) is 0.0222. The van der Waals surface area contributed by atoms with Crippen molar-refractivity contribution >= 4 is 39.5 Å². The largest absolute Gasteiger partial charge is 0.472 e. The van der Waals surface area contributed by atoms with E-state index in [2.05, 4.69) is 41.5 Å². The Labute approximate surface area is 600 Å². The number of carbonyl (C=O) groups excluding carboxylic acids is 4. The molecule has 0 saturated heterocycles. The Morgan fingerprint density at radius 3 is 0.694 bits per heavy atom. The molecule has 0 aliphatic rings. The molecule has 5 atom stereocenters. The summed E-state index contributed by atoms with van der Waals surface area (Å²) < 4.78 is 68.5. The number of aliphatic hydroxyl groups is 1. The van der Waals surface area contributed by atoms with Crippen molar-refractivity contribution in [2.24, 2.45) is 11.8 Å². The summed E-state index contributed by atoms with van der Waals surface area (Å²) in [6, 6.07) is 0. The van der Waals surface area contributed by atoms with E-state index in [0.717, 1.165) is 115 Å². The minimum atomic E-state index is -4.96. The molecule has 0 spiro atoms. The molecular weight excluding hydrogens is 1280 g/mol. The zero-order valence-electron chi connectivity index (χ0n) is 64.1. The molecule has 582 valence electrons. The molecule has 0 aliphatic heterocycles. The van der Waals surface area contributed by atoms with Crippen LogP contribution >= 0.6 is 15.6 Å². The van der Waals surface area contributed by atoms with Crippen molar-refractivity contribution in [1.29, 1.82) is 0 Å². The lowest BCUT2D eigenvalue weighted by Crippen LogP contribution is -2.30. The van der Waals surface area contributed by atoms with E-state index in [1.54, 1.807) is 0 Å². The van der Waals surface area contributed by atoms with E-state index in [-0.39, 0.29) is 25.7 Å². The molecule has 0 saturated carbocycles. The monoisotopic (exact) mass is 1440 g/mol. The number of rotatable bonds is 78. The van der Waals surface area contributed by atoms with Gasteiger partial charge < -0.3 is 33.8 Å². The van der Waals surface area contributed by atoms with Gasteiger partial charge >= 0.3 is 39.5 Å². The van der Waals surface area contributed by atoms with Gasteiger partial charge in [-0.1, -0.05) is 363 Å². The maximum Gasteiger partial charge on any atom is 0.472 e. The lowest BCUT2D eigenvalue weighted by molar-refractivity contribution is -0.161. The number of aliphatic hydroxyl groups excluding tert-OH is 1. The highest BCUT2D eigenvalue weighted by Crippen LogP contribution is 2.45. The van der Waals surface area contributed by atoms with Crippen LogP contribution in [0.5, 0.6) is 0 Å². The zero-order valence-corrected chi connectivity index (χ0v) is 65.9. The van der Waals surface area contributed by atoms with E-state index in [4.69, 9.17) is 37.0 Å². The Bertz CT molecular complexity index is 1890. The van der Waals surface area contributed by atoms with Crippen molar-refractivity contribution < 1.29 is 80.2 Å². The van der Waals surface area contributed by atoms with Crippen LogP contribution < -0.4 is 0 Å². The molecule has 0 rings (SSSR count). The first-order valence-corrected chi connectivity index (χ1v) is 44.0. The van der Waals surface area contributed by atoms with Crippen LogP contribution in [0.4, 0.5) is 0 Å². The smallest absolute Gasteiger partial charge is 0.462 e. The maximum absolute atomic E-state index is 13.1. The van der Waals surface area contributed by atoms with Crippen LogP contribution in [0.2, 0.25) is 0 Å². The van der Waals surface area contributed by atoms with Gasteiger partial charge in [-0.2, -0.15) is 0 Å². The zero-order chi connectivity index (χ0) is 72.1. The molecule has 0 heterocycles. The highest BCUT2D eigenvalue weighted by Gasteiger charge is 2.30. The predicted octanol–water partition coefficient (Wildman–Crippen LogP) is 23.5. The number of esters is 4. The van der Waals surface area contributed by atoms with Gasteiger partial charge in [-0.25, -0.2) is 9.13 Å². The third-order valence-electron chi connectivity index (χ3n) is 18.5. The Balaban J connectivity index is 5.16. The predicted molar refractivity (Wildman–Crippen MR) is 400 cm³/mol. The summed E-state index contributed by atoms with van der Waals surface area (Å²) in [6.07, 6.45) is 60.0. The number of phosphoric ester groups is 2. The van der Waals surface area contributed by atoms with Crippen LogP contribution in [0.25, 0.3) is 0 Å². The highest BCUT2D eigenvalue weighted by atomic mass is 31.2. The molecule has 17 nitrogen and oxygen atoms in total. The van der Waals surface area contributed by atoms with Crippen molar-refractivity contribution in [3.63, 3.8) is 0 Å². The van der Waals surface area contributed by atoms with Crippen LogP contribution in [-0.2, 0) is 65.4 Å². The number of ether oxygens (including phenoxy) is 4. The molecular formula is C79H154O17P2. The molecule has 2 unspecified atom stereocenters. The molecule has 19 heteroatoms. The molecule has 98 heavy (non-hydrogen) atoms. The molecule has 0 aromatic carbocycles. The van der Waals surface area contributed by atoms with E-state index >= 15 is 0 Å². The second-order valence-electron chi connectivity index (χ2n) is 29.4. The van der Waals surface area contributed by atoms with Crippen LogP contribution in [0.1, 0.15) is 414 Å². The fourth-order valence-corrected chi connectivity index (χ4v) is 13.8. The van der Waals surface area contributed by atoms with Gasteiger partial charge in [-0.15, -0.1) is 0 Å². The molecule has 0 fully saturated rings. The summed E-state index contributed by atoms with van der Waals surface area (Å²) in [7, 11) is -9.91. The van der Waals surface area contributed by atoms with Gasteiger partial charge in [-0.3, -0.25) is 37.3 Å². The molecule has 0 amide bonds. The van der Waals surface area contributed by atoms with Crippen molar-refractivity contribution in [2.45, 2.75) is 432 Å². The topological polar surface area (TPSA) is 237 Å². The lowest BCUT2D eigenvalue weighted by atomic mass is 10.0. The number of hydrogen-bond acceptors (Lipinski definition) is 15. The van der Waals surface area contributed by atoms with Crippen molar-refractivity contribution in [3.05, 3.63) is 0 Å². The van der Waals surface area contributed by atoms with Gasteiger partial charge in [-0.05, 0) is 37.5 Å². The SMILES string of the molecule is CCCCCCCCCCCCCCCCCCCCCCCC(=O)O[C@H](COC(=O)CCCCCCCCCCCCCCCCCC(C)C)COP(=O)(O)OC[C@@H](O)COP(=O)(O)OC[C@@H](COC(=O)CCCCCCCCC)OC(=O)CCCCCCCCCCCC(C)C. The first-order valence-electron chi connectivity index (χ1n) is 41.0. The fraction of sp³-hybridized carbons (Fsp3) is 0.949. The highest BCUT2D eigenvalue weighted by molar-refractivity contribution is 7.47. The summed E-state index contributed by atoms with van der Waals surface area (Å²) in [5.74, 6) is -0.575. The summed E-state index contributed by atoms with van der Waals surface area (Å²) in [5.41, 5.74) is 0. The number of unbranched alkanes of at least 4 members (excludes halogenated alkanes) is 48. The van der Waals surface area contributed by atoms with Crippen LogP contribution in [0.3, 0.4) is 0 Å². The van der Waals surface area contributed by atoms with Crippen molar-refractivity contribution in [3.8, 4) is 0 Å². The van der Waals surface area contributed by atoms with Crippen molar-refractivity contribution in [2.75, 3.05) is 39.6 Å². The Morgan fingerprint density at radius 2 is 0.469 bits per heavy atom. The van der Waals surface area contributed by atoms with Gasteiger partial charge in [0.25, 0.3) is 0 Å². The second-order valence-corrected chi connectivity index (χ2v) is 32.3. The van der Waals surface area contributed by atoms with Gasteiger partial charge in [0.05, 0.1) is 26.4 Å². The number of phosphoric acid groups is 2. The molecule has 0 aliphatic carbocycles. The van der Waals surface area contributed by atoms with E-state index in [1.807, 2.05) is 0 Å². The second kappa shape index (κ2) is 70.7. The standard InChI is InChI=1S/C79H154O17P2/c1-7-9-11-13-15-16-17-18-19-20-21-22-23-24-27-31-34-39-45-51-57-63-78(83)96-75(68-90-77(82)62-56-50-44-38-33-30-28-25-26-29-32-36-42-47-53-59-71(3)4)70-94-98(87,88)92-66-73(80)65-91-97(85,86)93-69-74(67-89-76(81)61-55-49-41-14-12-10-8-2)95-79(84)64-58-52-46-40-35-37-43-48-54-60-72(5)6/h71-75,80H,7-70H2,1-6H3,(H,85,86)(H,87,88)/t73-,74+,75+/m0/s1. The first-order chi connectivity index (χ1) is 47.4. The van der Waals surface area contributed by atoms with E-state index in [1.165, 1.54) is 218 Å². The van der Waals surface area contributed by atoms with Crippen LogP contribution in [-0.4, -0.2) is 96.7 Å². The van der Waals surface area contributed by atoms with E-state index < -0.39 is 97.5 Å².